The number of benzene rings is 2. The molecular weight excluding hydrogens is 402 g/mol. The summed E-state index contributed by atoms with van der Waals surface area (Å²) in [4.78, 5) is 43.0. The Hall–Kier alpha value is -2.86. The summed E-state index contributed by atoms with van der Waals surface area (Å²) in [6.07, 6.45) is 2.36. The lowest BCUT2D eigenvalue weighted by Crippen LogP contribution is -2.71. The highest BCUT2D eigenvalue weighted by Gasteiger charge is 2.62. The second kappa shape index (κ2) is 7.13. The number of nitrogens with one attached hydrogen (secondary N) is 1. The Morgan fingerprint density at radius 1 is 1.07 bits per heavy atom. The lowest BCUT2D eigenvalue weighted by atomic mass is 9.68. The first-order chi connectivity index (χ1) is 14.5. The van der Waals surface area contributed by atoms with Crippen molar-refractivity contribution in [2.45, 2.75) is 31.7 Å². The molecule has 7 heteroatoms. The van der Waals surface area contributed by atoms with Crippen molar-refractivity contribution in [2.75, 3.05) is 18.0 Å². The second-order valence-electron chi connectivity index (χ2n) is 8.19. The molecule has 0 aromatic heterocycles. The van der Waals surface area contributed by atoms with Crippen LogP contribution in [0, 0.1) is 5.41 Å². The number of nitrogens with zero attached hydrogens (tertiary/aromatic N) is 2. The molecule has 0 aliphatic carbocycles. The molecule has 3 aliphatic heterocycles. The molecule has 2 fully saturated rings. The number of hydrogen-bond donors (Lipinski definition) is 1. The van der Waals surface area contributed by atoms with Crippen LogP contribution in [0.25, 0.3) is 0 Å². The highest BCUT2D eigenvalue weighted by atomic mass is 35.5. The minimum absolute atomic E-state index is 0.211. The minimum atomic E-state index is -1.33. The average molecular weight is 424 g/mol. The van der Waals surface area contributed by atoms with E-state index in [1.54, 1.807) is 6.07 Å². The Kier molecular flexibility index (Phi) is 4.54. The van der Waals surface area contributed by atoms with E-state index in [-0.39, 0.29) is 19.0 Å². The first kappa shape index (κ1) is 19.1. The third-order valence-corrected chi connectivity index (χ3v) is 7.00. The molecule has 1 spiro atoms. The van der Waals surface area contributed by atoms with Crippen LogP contribution >= 0.6 is 11.6 Å². The van der Waals surface area contributed by atoms with Crippen molar-refractivity contribution >= 4 is 35.1 Å². The number of barbiturate groups is 1. The van der Waals surface area contributed by atoms with Gasteiger partial charge in [0.1, 0.15) is 0 Å². The van der Waals surface area contributed by atoms with Crippen LogP contribution in [-0.4, -0.2) is 41.9 Å². The molecule has 2 aromatic carbocycles. The predicted octanol–water partition coefficient (Wildman–Crippen LogP) is 3.17. The van der Waals surface area contributed by atoms with Gasteiger partial charge in [-0.2, -0.15) is 0 Å². The summed E-state index contributed by atoms with van der Waals surface area (Å²) in [5.74, 6) is -0.911. The lowest BCUT2D eigenvalue weighted by Gasteiger charge is -2.49. The van der Waals surface area contributed by atoms with E-state index in [9.17, 15) is 14.4 Å². The van der Waals surface area contributed by atoms with Gasteiger partial charge in [0.2, 0.25) is 11.8 Å². The predicted molar refractivity (Wildman–Crippen MR) is 113 cm³/mol. The molecule has 0 radical (unpaired) electrons. The van der Waals surface area contributed by atoms with Crippen LogP contribution in [0.2, 0.25) is 5.02 Å². The molecule has 3 heterocycles. The SMILES string of the molecule is O=C1NC(=O)C2(Cc3c(Cl)cccc3N3CCCC32)C(=O)N1CCc1ccccc1. The van der Waals surface area contributed by atoms with E-state index < -0.39 is 23.3 Å². The van der Waals surface area contributed by atoms with Gasteiger partial charge < -0.3 is 4.90 Å². The number of anilines is 1. The number of hydrogen-bond acceptors (Lipinski definition) is 4. The fourth-order valence-electron chi connectivity index (χ4n) is 5.20. The van der Waals surface area contributed by atoms with Crippen LogP contribution in [0.5, 0.6) is 0 Å². The van der Waals surface area contributed by atoms with Crippen LogP contribution in [-0.2, 0) is 22.4 Å². The number of rotatable bonds is 3. The maximum absolute atomic E-state index is 13.8. The zero-order valence-electron chi connectivity index (χ0n) is 16.4. The van der Waals surface area contributed by atoms with E-state index in [0.29, 0.717) is 11.4 Å². The molecule has 2 unspecified atom stereocenters. The molecule has 3 aliphatic rings. The van der Waals surface area contributed by atoms with Gasteiger partial charge in [-0.1, -0.05) is 48.0 Å². The maximum Gasteiger partial charge on any atom is 0.330 e. The first-order valence-corrected chi connectivity index (χ1v) is 10.7. The van der Waals surface area contributed by atoms with Gasteiger partial charge in [-0.3, -0.25) is 19.8 Å². The summed E-state index contributed by atoms with van der Waals surface area (Å²) in [5, 5.41) is 3.02. The first-order valence-electron chi connectivity index (χ1n) is 10.3. The third kappa shape index (κ3) is 2.74. The number of halogens is 1. The smallest absolute Gasteiger partial charge is 0.330 e. The van der Waals surface area contributed by atoms with Crippen molar-refractivity contribution in [1.82, 2.24) is 10.2 Å². The fourth-order valence-corrected chi connectivity index (χ4v) is 5.44. The number of carbonyl (C=O) groups excluding carboxylic acids is 3. The highest BCUT2D eigenvalue weighted by Crippen LogP contribution is 2.49. The second-order valence-corrected chi connectivity index (χ2v) is 8.60. The Labute approximate surface area is 179 Å². The van der Waals surface area contributed by atoms with Crippen LogP contribution < -0.4 is 10.2 Å². The summed E-state index contributed by atoms with van der Waals surface area (Å²) < 4.78 is 0. The Bertz CT molecular complexity index is 1040. The molecule has 2 atom stereocenters. The Balaban J connectivity index is 1.53. The molecule has 2 aromatic rings. The summed E-state index contributed by atoms with van der Waals surface area (Å²) in [6, 6.07) is 14.5. The summed E-state index contributed by atoms with van der Waals surface area (Å²) in [5.41, 5.74) is 1.49. The topological polar surface area (TPSA) is 69.7 Å². The van der Waals surface area contributed by atoms with Crippen molar-refractivity contribution in [3.05, 3.63) is 64.7 Å². The Morgan fingerprint density at radius 2 is 1.87 bits per heavy atom. The van der Waals surface area contributed by atoms with Gasteiger partial charge in [0.25, 0.3) is 0 Å². The van der Waals surface area contributed by atoms with Crippen LogP contribution in [0.4, 0.5) is 10.5 Å². The molecule has 2 saturated heterocycles. The molecule has 1 N–H and O–H groups in total. The molecule has 30 heavy (non-hydrogen) atoms. The van der Waals surface area contributed by atoms with Gasteiger partial charge in [-0.25, -0.2) is 4.79 Å². The van der Waals surface area contributed by atoms with Crippen molar-refractivity contribution in [3.8, 4) is 0 Å². The summed E-state index contributed by atoms with van der Waals surface area (Å²) in [7, 11) is 0. The largest absolute Gasteiger partial charge is 0.367 e. The van der Waals surface area contributed by atoms with E-state index in [4.69, 9.17) is 11.6 Å². The average Bonchev–Trinajstić information content (AvgIpc) is 3.24. The van der Waals surface area contributed by atoms with Gasteiger partial charge in [-0.05, 0) is 42.5 Å². The zero-order chi connectivity index (χ0) is 20.9. The highest BCUT2D eigenvalue weighted by molar-refractivity contribution is 6.32. The third-order valence-electron chi connectivity index (χ3n) is 6.65. The molecular formula is C23H22ClN3O3. The number of fused-ring (bicyclic) bond motifs is 4. The quantitative estimate of drug-likeness (QED) is 0.770. The monoisotopic (exact) mass is 423 g/mol. The number of carbonyl (C=O) groups is 3. The molecule has 4 amide bonds. The van der Waals surface area contributed by atoms with Gasteiger partial charge in [0.15, 0.2) is 5.41 Å². The van der Waals surface area contributed by atoms with Crippen LogP contribution in [0.15, 0.2) is 48.5 Å². The lowest BCUT2D eigenvalue weighted by molar-refractivity contribution is -0.153. The molecule has 0 saturated carbocycles. The molecule has 6 nitrogen and oxygen atoms in total. The van der Waals surface area contributed by atoms with Crippen LogP contribution in [0.1, 0.15) is 24.0 Å². The molecule has 0 bridgehead atoms. The molecule has 5 rings (SSSR count). The minimum Gasteiger partial charge on any atom is -0.367 e. The number of amides is 4. The summed E-state index contributed by atoms with van der Waals surface area (Å²) >= 11 is 6.49. The maximum atomic E-state index is 13.8. The van der Waals surface area contributed by atoms with E-state index >= 15 is 0 Å². The fraction of sp³-hybridized carbons (Fsp3) is 0.348. The number of urea groups is 1. The van der Waals surface area contributed by atoms with E-state index in [1.807, 2.05) is 42.5 Å². The van der Waals surface area contributed by atoms with Crippen molar-refractivity contribution in [2.24, 2.45) is 5.41 Å². The van der Waals surface area contributed by atoms with Gasteiger partial charge in [0, 0.05) is 30.2 Å². The van der Waals surface area contributed by atoms with Gasteiger partial charge in [0.05, 0.1) is 6.04 Å². The van der Waals surface area contributed by atoms with Gasteiger partial charge >= 0.3 is 6.03 Å². The van der Waals surface area contributed by atoms with Crippen molar-refractivity contribution in [3.63, 3.8) is 0 Å². The Morgan fingerprint density at radius 3 is 2.67 bits per heavy atom. The number of imide groups is 2. The van der Waals surface area contributed by atoms with E-state index in [0.717, 1.165) is 36.2 Å². The van der Waals surface area contributed by atoms with Crippen molar-refractivity contribution in [1.29, 1.82) is 0 Å². The zero-order valence-corrected chi connectivity index (χ0v) is 17.2. The van der Waals surface area contributed by atoms with E-state index in [1.165, 1.54) is 4.90 Å². The molecule has 154 valence electrons. The standard InChI is InChI=1S/C23H22ClN3O3/c24-17-8-4-9-18-16(17)14-23(19-10-5-12-26(18)19)20(28)25-22(30)27(21(23)29)13-11-15-6-2-1-3-7-15/h1-4,6-9,19H,5,10-14H2,(H,25,28,30). The van der Waals surface area contributed by atoms with Crippen LogP contribution in [0.3, 0.4) is 0 Å². The van der Waals surface area contributed by atoms with Crippen molar-refractivity contribution < 1.29 is 14.4 Å². The normalized spacial score (nSPS) is 25.4. The van der Waals surface area contributed by atoms with Gasteiger partial charge in [-0.15, -0.1) is 0 Å². The summed E-state index contributed by atoms with van der Waals surface area (Å²) in [6.45, 7) is 0.990. The van der Waals surface area contributed by atoms with E-state index in [2.05, 4.69) is 10.2 Å².